The Bertz CT molecular complexity index is 348. The molecule has 0 saturated heterocycles. The van der Waals surface area contributed by atoms with Gasteiger partial charge in [-0.3, -0.25) is 4.79 Å². The Morgan fingerprint density at radius 3 is 3.07 bits per heavy atom. The Morgan fingerprint density at radius 1 is 1.80 bits per heavy atom. The smallest absolute Gasteiger partial charge is 0.332 e. The van der Waals surface area contributed by atoms with Crippen LogP contribution in [0.25, 0.3) is 0 Å². The van der Waals surface area contributed by atoms with Crippen molar-refractivity contribution in [3.8, 4) is 0 Å². The number of nitrogens with one attached hydrogen (secondary N) is 1. The number of carbonyl (C=O) groups excluding carboxylic acids is 1. The molecule has 0 saturated carbocycles. The number of rotatable bonds is 6. The van der Waals surface area contributed by atoms with Gasteiger partial charge >= 0.3 is 5.97 Å². The van der Waals surface area contributed by atoms with Crippen LogP contribution < -0.4 is 5.32 Å². The Balaban J connectivity index is 2.94. The maximum absolute atomic E-state index is 10.9. The van der Waals surface area contributed by atoms with Gasteiger partial charge in [-0.05, 0) is 6.42 Å². The fourth-order valence-electron chi connectivity index (χ4n) is 1.35. The lowest BCUT2D eigenvalue weighted by atomic mass is 10.2. The molecule has 1 aromatic rings. The summed E-state index contributed by atoms with van der Waals surface area (Å²) < 4.78 is 1.72. The van der Waals surface area contributed by atoms with Crippen molar-refractivity contribution in [2.24, 2.45) is 0 Å². The number of hydrogen-bond acceptors (Lipinski definition) is 3. The number of amides is 1. The van der Waals surface area contributed by atoms with Crippen LogP contribution in [0.3, 0.4) is 0 Å². The van der Waals surface area contributed by atoms with E-state index < -0.39 is 12.0 Å². The van der Waals surface area contributed by atoms with Gasteiger partial charge in [0.2, 0.25) is 6.41 Å². The van der Waals surface area contributed by atoms with Gasteiger partial charge in [0.15, 0.2) is 6.04 Å². The largest absolute Gasteiger partial charge is 0.479 e. The van der Waals surface area contributed by atoms with Crippen LogP contribution in [-0.4, -0.2) is 27.0 Å². The molecule has 1 unspecified atom stereocenters. The Hall–Kier alpha value is -1.85. The van der Waals surface area contributed by atoms with Gasteiger partial charge in [-0.25, -0.2) is 9.78 Å². The lowest BCUT2D eigenvalue weighted by Gasteiger charge is -2.13. The molecule has 0 spiro atoms. The van der Waals surface area contributed by atoms with E-state index >= 15 is 0 Å². The molecule has 2 N–H and O–H groups in total. The first-order chi connectivity index (χ1) is 7.20. The molecule has 1 heterocycles. The second kappa shape index (κ2) is 5.14. The SMILES string of the molecule is CCCn1cncc1C(NC=O)C(=O)O. The first kappa shape index (κ1) is 11.2. The highest BCUT2D eigenvalue weighted by molar-refractivity contribution is 5.77. The molecule has 6 heteroatoms. The molecule has 0 aliphatic carbocycles. The van der Waals surface area contributed by atoms with Gasteiger partial charge in [0.1, 0.15) is 0 Å². The Labute approximate surface area is 86.9 Å². The number of carbonyl (C=O) groups is 2. The third-order valence-corrected chi connectivity index (χ3v) is 1.99. The van der Waals surface area contributed by atoms with Crippen LogP contribution in [0.5, 0.6) is 0 Å². The summed E-state index contributed by atoms with van der Waals surface area (Å²) in [5.74, 6) is -1.10. The third kappa shape index (κ3) is 2.55. The summed E-state index contributed by atoms with van der Waals surface area (Å²) in [6.45, 7) is 2.66. The minimum Gasteiger partial charge on any atom is -0.479 e. The molecule has 0 aliphatic heterocycles. The quantitative estimate of drug-likeness (QED) is 0.657. The van der Waals surface area contributed by atoms with E-state index in [0.717, 1.165) is 6.42 Å². The van der Waals surface area contributed by atoms with Gasteiger partial charge in [-0.15, -0.1) is 0 Å². The predicted molar refractivity (Wildman–Crippen MR) is 52.1 cm³/mol. The summed E-state index contributed by atoms with van der Waals surface area (Å²) in [5, 5.41) is 11.1. The number of aliphatic carboxylic acids is 1. The van der Waals surface area contributed by atoms with E-state index in [9.17, 15) is 9.59 Å². The minimum atomic E-state index is -1.10. The van der Waals surface area contributed by atoms with Crippen molar-refractivity contribution in [1.82, 2.24) is 14.9 Å². The zero-order chi connectivity index (χ0) is 11.3. The summed E-state index contributed by atoms with van der Waals surface area (Å²) in [5.41, 5.74) is 0.483. The normalized spacial score (nSPS) is 12.1. The summed E-state index contributed by atoms with van der Waals surface area (Å²) in [4.78, 5) is 25.0. The van der Waals surface area contributed by atoms with Crippen molar-refractivity contribution in [3.05, 3.63) is 18.2 Å². The molecule has 1 atom stereocenters. The lowest BCUT2D eigenvalue weighted by Crippen LogP contribution is -2.29. The number of carboxylic acids is 1. The van der Waals surface area contributed by atoms with Gasteiger partial charge in [-0.1, -0.05) is 6.92 Å². The molecule has 1 aromatic heterocycles. The highest BCUT2D eigenvalue weighted by Gasteiger charge is 2.22. The fourth-order valence-corrected chi connectivity index (χ4v) is 1.35. The molecule has 0 aromatic carbocycles. The number of hydrogen-bond donors (Lipinski definition) is 2. The first-order valence-corrected chi connectivity index (χ1v) is 4.63. The van der Waals surface area contributed by atoms with Crippen LogP contribution in [0, 0.1) is 0 Å². The predicted octanol–water partition coefficient (Wildman–Crippen LogP) is 0.165. The van der Waals surface area contributed by atoms with E-state index in [4.69, 9.17) is 5.11 Å². The average Bonchev–Trinajstić information content (AvgIpc) is 2.62. The second-order valence-corrected chi connectivity index (χ2v) is 3.07. The van der Waals surface area contributed by atoms with Crippen LogP contribution in [-0.2, 0) is 16.1 Å². The van der Waals surface area contributed by atoms with Crippen LogP contribution in [0.4, 0.5) is 0 Å². The number of imidazole rings is 1. The van der Waals surface area contributed by atoms with Crippen molar-refractivity contribution in [2.45, 2.75) is 25.9 Å². The molecular weight excluding hydrogens is 198 g/mol. The second-order valence-electron chi connectivity index (χ2n) is 3.07. The molecule has 6 nitrogen and oxygen atoms in total. The van der Waals surface area contributed by atoms with Crippen LogP contribution in [0.1, 0.15) is 25.1 Å². The molecule has 1 rings (SSSR count). The number of nitrogens with zero attached hydrogens (tertiary/aromatic N) is 2. The molecule has 82 valence electrons. The summed E-state index contributed by atoms with van der Waals surface area (Å²) in [6, 6.07) is -1.03. The molecular formula is C9H13N3O3. The van der Waals surface area contributed by atoms with Crippen molar-refractivity contribution < 1.29 is 14.7 Å². The van der Waals surface area contributed by atoms with E-state index in [1.54, 1.807) is 10.9 Å². The van der Waals surface area contributed by atoms with E-state index in [2.05, 4.69) is 10.3 Å². The molecule has 0 fully saturated rings. The zero-order valence-corrected chi connectivity index (χ0v) is 8.38. The molecule has 0 radical (unpaired) electrons. The highest BCUT2D eigenvalue weighted by Crippen LogP contribution is 2.12. The van der Waals surface area contributed by atoms with Crippen LogP contribution in [0.2, 0.25) is 0 Å². The van der Waals surface area contributed by atoms with Crippen molar-refractivity contribution in [2.75, 3.05) is 0 Å². The van der Waals surface area contributed by atoms with Crippen molar-refractivity contribution >= 4 is 12.4 Å². The third-order valence-electron chi connectivity index (χ3n) is 1.99. The summed E-state index contributed by atoms with van der Waals surface area (Å²) in [7, 11) is 0. The van der Waals surface area contributed by atoms with Crippen molar-refractivity contribution in [3.63, 3.8) is 0 Å². The minimum absolute atomic E-state index is 0.377. The van der Waals surface area contributed by atoms with Crippen molar-refractivity contribution in [1.29, 1.82) is 0 Å². The molecule has 15 heavy (non-hydrogen) atoms. The molecule has 1 amide bonds. The summed E-state index contributed by atoms with van der Waals surface area (Å²) >= 11 is 0. The average molecular weight is 211 g/mol. The van der Waals surface area contributed by atoms with Crippen LogP contribution in [0.15, 0.2) is 12.5 Å². The topological polar surface area (TPSA) is 84.2 Å². The molecule has 0 aliphatic rings. The van der Waals surface area contributed by atoms with Gasteiger partial charge in [0.25, 0.3) is 0 Å². The van der Waals surface area contributed by atoms with Crippen LogP contribution >= 0.6 is 0 Å². The Morgan fingerprint density at radius 2 is 2.53 bits per heavy atom. The first-order valence-electron chi connectivity index (χ1n) is 4.63. The van der Waals surface area contributed by atoms with E-state index in [1.165, 1.54) is 6.20 Å². The Kier molecular flexibility index (Phi) is 3.84. The zero-order valence-electron chi connectivity index (χ0n) is 8.38. The van der Waals surface area contributed by atoms with E-state index in [-0.39, 0.29) is 0 Å². The maximum atomic E-state index is 10.9. The van der Waals surface area contributed by atoms with E-state index in [1.807, 2.05) is 6.92 Å². The molecule has 0 bridgehead atoms. The van der Waals surface area contributed by atoms with Gasteiger partial charge < -0.3 is 15.0 Å². The number of carboxylic acid groups (broad SMARTS) is 1. The number of aromatic nitrogens is 2. The van der Waals surface area contributed by atoms with Gasteiger partial charge in [0.05, 0.1) is 18.2 Å². The van der Waals surface area contributed by atoms with Gasteiger partial charge in [0, 0.05) is 6.54 Å². The standard InChI is InChI=1S/C9H13N3O3/c1-2-3-12-5-10-4-7(12)8(9(14)15)11-6-13/h4-6,8H,2-3H2,1H3,(H,11,13)(H,14,15). The summed E-state index contributed by atoms with van der Waals surface area (Å²) in [6.07, 6.45) is 4.26. The van der Waals surface area contributed by atoms with E-state index in [0.29, 0.717) is 18.6 Å². The lowest BCUT2D eigenvalue weighted by molar-refractivity contribution is -0.140. The highest BCUT2D eigenvalue weighted by atomic mass is 16.4. The monoisotopic (exact) mass is 211 g/mol. The fraction of sp³-hybridized carbons (Fsp3) is 0.444. The van der Waals surface area contributed by atoms with Gasteiger partial charge in [-0.2, -0.15) is 0 Å². The number of aryl methyl sites for hydroxylation is 1. The maximum Gasteiger partial charge on any atom is 0.332 e.